The number of carbonyl (C=O) groups excluding carboxylic acids is 1. The molecule has 1 aromatic carbocycles. The summed E-state index contributed by atoms with van der Waals surface area (Å²) in [5.41, 5.74) is 1.86. The minimum atomic E-state index is -0.323. The molecule has 0 atom stereocenters. The van der Waals surface area contributed by atoms with Crippen LogP contribution in [0.1, 0.15) is 23.6 Å². The first-order valence-corrected chi connectivity index (χ1v) is 6.01. The van der Waals surface area contributed by atoms with Gasteiger partial charge in [-0.15, -0.1) is 11.6 Å². The number of halogens is 1. The van der Waals surface area contributed by atoms with Gasteiger partial charge in [-0.25, -0.2) is 0 Å². The third-order valence-electron chi connectivity index (χ3n) is 2.43. The Morgan fingerprint density at radius 3 is 2.67 bits per heavy atom. The van der Waals surface area contributed by atoms with Gasteiger partial charge in [-0.1, -0.05) is 0 Å². The molecule has 0 N–H and O–H groups in total. The molecule has 0 saturated heterocycles. The zero-order chi connectivity index (χ0) is 13.5. The molecule has 0 radical (unpaired) electrons. The van der Waals surface area contributed by atoms with E-state index in [0.29, 0.717) is 17.9 Å². The second kappa shape index (κ2) is 6.87. The zero-order valence-electron chi connectivity index (χ0n) is 10.3. The average molecular weight is 268 g/mol. The normalized spacial score (nSPS) is 9.67. The summed E-state index contributed by atoms with van der Waals surface area (Å²) in [5.74, 6) is 0.342. The van der Waals surface area contributed by atoms with Gasteiger partial charge in [0.1, 0.15) is 11.8 Å². The monoisotopic (exact) mass is 267 g/mol. The van der Waals surface area contributed by atoms with E-state index in [9.17, 15) is 4.79 Å². The molecular formula is C13H14ClNO3. The molecule has 0 saturated carbocycles. The Morgan fingerprint density at radius 2 is 2.17 bits per heavy atom. The molecule has 1 aromatic rings. The molecule has 0 fully saturated rings. The molecule has 96 valence electrons. The predicted octanol–water partition coefficient (Wildman–Crippen LogP) is 2.41. The molecule has 0 aromatic heterocycles. The van der Waals surface area contributed by atoms with Crippen LogP contribution in [0.4, 0.5) is 0 Å². The number of ether oxygens (including phenoxy) is 2. The maximum absolute atomic E-state index is 11.5. The number of methoxy groups -OCH3 is 1. The molecule has 0 aliphatic heterocycles. The van der Waals surface area contributed by atoms with Gasteiger partial charge in [0.05, 0.1) is 25.7 Å². The first-order chi connectivity index (χ1) is 8.65. The van der Waals surface area contributed by atoms with Crippen LogP contribution in [0.15, 0.2) is 12.1 Å². The van der Waals surface area contributed by atoms with Gasteiger partial charge >= 0.3 is 5.97 Å². The predicted molar refractivity (Wildman–Crippen MR) is 67.6 cm³/mol. The Morgan fingerprint density at radius 1 is 1.44 bits per heavy atom. The molecule has 5 heteroatoms. The lowest BCUT2D eigenvalue weighted by Crippen LogP contribution is -2.09. The van der Waals surface area contributed by atoms with E-state index in [1.807, 2.05) is 6.07 Å². The fraction of sp³-hybridized carbons (Fsp3) is 0.385. The summed E-state index contributed by atoms with van der Waals surface area (Å²) >= 11 is 5.81. The van der Waals surface area contributed by atoms with Crippen LogP contribution in [0.2, 0.25) is 0 Å². The number of hydrogen-bond donors (Lipinski definition) is 0. The number of alkyl halides is 1. The van der Waals surface area contributed by atoms with E-state index in [1.165, 1.54) is 7.11 Å². The van der Waals surface area contributed by atoms with Gasteiger partial charge in [-0.2, -0.15) is 5.26 Å². The first-order valence-electron chi connectivity index (χ1n) is 5.47. The molecule has 0 bridgehead atoms. The fourth-order valence-electron chi connectivity index (χ4n) is 1.58. The van der Waals surface area contributed by atoms with Crippen LogP contribution in [0.5, 0.6) is 5.75 Å². The van der Waals surface area contributed by atoms with Gasteiger partial charge in [0.2, 0.25) is 0 Å². The molecule has 0 amide bonds. The lowest BCUT2D eigenvalue weighted by molar-refractivity contribution is -0.142. The van der Waals surface area contributed by atoms with Crippen molar-refractivity contribution in [3.05, 3.63) is 28.8 Å². The highest BCUT2D eigenvalue weighted by Gasteiger charge is 2.13. The number of nitrogens with zero attached hydrogens (tertiary/aromatic N) is 1. The van der Waals surface area contributed by atoms with Crippen molar-refractivity contribution in [1.29, 1.82) is 5.26 Å². The Labute approximate surface area is 111 Å². The fourth-order valence-corrected chi connectivity index (χ4v) is 1.83. The summed E-state index contributed by atoms with van der Waals surface area (Å²) in [6.07, 6.45) is 0.123. The van der Waals surface area contributed by atoms with Crippen LogP contribution in [-0.4, -0.2) is 19.7 Å². The van der Waals surface area contributed by atoms with E-state index in [-0.39, 0.29) is 18.3 Å². The maximum Gasteiger partial charge on any atom is 0.310 e. The van der Waals surface area contributed by atoms with Crippen LogP contribution in [0.25, 0.3) is 0 Å². The van der Waals surface area contributed by atoms with Gasteiger partial charge in [0, 0.05) is 5.88 Å². The highest BCUT2D eigenvalue weighted by molar-refractivity contribution is 6.17. The van der Waals surface area contributed by atoms with Gasteiger partial charge < -0.3 is 9.47 Å². The number of nitriles is 1. The van der Waals surface area contributed by atoms with Crippen molar-refractivity contribution in [3.63, 3.8) is 0 Å². The summed E-state index contributed by atoms with van der Waals surface area (Å²) in [5, 5.41) is 8.96. The largest absolute Gasteiger partial charge is 0.495 e. The van der Waals surface area contributed by atoms with Crippen molar-refractivity contribution in [3.8, 4) is 11.8 Å². The van der Waals surface area contributed by atoms with Gasteiger partial charge in [0.15, 0.2) is 0 Å². The topological polar surface area (TPSA) is 59.3 Å². The van der Waals surface area contributed by atoms with Crippen molar-refractivity contribution < 1.29 is 14.3 Å². The van der Waals surface area contributed by atoms with E-state index < -0.39 is 0 Å². The molecule has 0 spiro atoms. The molecule has 0 heterocycles. The lowest BCUT2D eigenvalue weighted by Gasteiger charge is -2.10. The minimum absolute atomic E-state index is 0.123. The van der Waals surface area contributed by atoms with Crippen LogP contribution in [0, 0.1) is 11.3 Å². The Bertz CT molecular complexity index is 480. The molecule has 18 heavy (non-hydrogen) atoms. The highest BCUT2D eigenvalue weighted by atomic mass is 35.5. The Balaban J connectivity index is 3.10. The molecular weight excluding hydrogens is 254 g/mol. The van der Waals surface area contributed by atoms with Crippen LogP contribution < -0.4 is 4.74 Å². The van der Waals surface area contributed by atoms with E-state index >= 15 is 0 Å². The summed E-state index contributed by atoms with van der Waals surface area (Å²) in [4.78, 5) is 11.5. The van der Waals surface area contributed by atoms with Crippen molar-refractivity contribution in [2.75, 3.05) is 13.7 Å². The molecule has 0 aliphatic carbocycles. The maximum atomic E-state index is 11.5. The van der Waals surface area contributed by atoms with Crippen molar-refractivity contribution in [1.82, 2.24) is 0 Å². The van der Waals surface area contributed by atoms with Crippen molar-refractivity contribution >= 4 is 17.6 Å². The van der Waals surface area contributed by atoms with Crippen molar-refractivity contribution in [2.24, 2.45) is 0 Å². The smallest absolute Gasteiger partial charge is 0.310 e. The number of rotatable bonds is 5. The van der Waals surface area contributed by atoms with Crippen LogP contribution in [0.3, 0.4) is 0 Å². The quantitative estimate of drug-likeness (QED) is 0.607. The highest BCUT2D eigenvalue weighted by Crippen LogP contribution is 2.25. The zero-order valence-corrected chi connectivity index (χ0v) is 11.1. The van der Waals surface area contributed by atoms with Gasteiger partial charge in [-0.3, -0.25) is 4.79 Å². The molecule has 4 nitrogen and oxygen atoms in total. The van der Waals surface area contributed by atoms with Crippen molar-refractivity contribution in [2.45, 2.75) is 19.2 Å². The number of benzene rings is 1. The molecule has 1 rings (SSSR count). The summed E-state index contributed by atoms with van der Waals surface area (Å²) in [6, 6.07) is 5.33. The number of carbonyl (C=O) groups is 1. The second-order valence-corrected chi connectivity index (χ2v) is 3.82. The van der Waals surface area contributed by atoms with E-state index in [0.717, 1.165) is 11.1 Å². The van der Waals surface area contributed by atoms with Gasteiger partial charge in [0.25, 0.3) is 0 Å². The first kappa shape index (κ1) is 14.3. The number of esters is 1. The third-order valence-corrected chi connectivity index (χ3v) is 2.71. The van der Waals surface area contributed by atoms with E-state index in [1.54, 1.807) is 19.1 Å². The Kier molecular flexibility index (Phi) is 5.47. The number of hydrogen-bond acceptors (Lipinski definition) is 4. The average Bonchev–Trinajstić information content (AvgIpc) is 2.38. The van der Waals surface area contributed by atoms with E-state index in [4.69, 9.17) is 26.3 Å². The van der Waals surface area contributed by atoms with E-state index in [2.05, 4.69) is 0 Å². The van der Waals surface area contributed by atoms with Crippen LogP contribution >= 0.6 is 11.6 Å². The minimum Gasteiger partial charge on any atom is -0.495 e. The van der Waals surface area contributed by atoms with Crippen LogP contribution in [-0.2, 0) is 21.8 Å². The Hall–Kier alpha value is -1.73. The summed E-state index contributed by atoms with van der Waals surface area (Å²) in [7, 11) is 1.48. The van der Waals surface area contributed by atoms with Gasteiger partial charge in [-0.05, 0) is 30.2 Å². The molecule has 0 unspecified atom stereocenters. The summed E-state index contributed by atoms with van der Waals surface area (Å²) < 4.78 is 9.99. The third kappa shape index (κ3) is 3.38. The lowest BCUT2D eigenvalue weighted by atomic mass is 10.0. The summed E-state index contributed by atoms with van der Waals surface area (Å²) in [6.45, 7) is 2.09. The standard InChI is InChI=1S/C13H14ClNO3/c1-3-18-13(16)6-9-5-12(17-2)11(8-15)4-10(9)7-14/h4-5H,3,6-7H2,1-2H3. The second-order valence-electron chi connectivity index (χ2n) is 3.55. The SMILES string of the molecule is CCOC(=O)Cc1cc(OC)c(C#N)cc1CCl. The molecule has 0 aliphatic rings.